The highest BCUT2D eigenvalue weighted by atomic mass is 16.5. The molecule has 5 nitrogen and oxygen atoms in total. The molecule has 0 spiro atoms. The molecule has 0 heterocycles. The predicted octanol–water partition coefficient (Wildman–Crippen LogP) is 1.80. The summed E-state index contributed by atoms with van der Waals surface area (Å²) in [5.41, 5.74) is 0.480. The zero-order valence-corrected chi connectivity index (χ0v) is 9.66. The fourth-order valence-corrected chi connectivity index (χ4v) is 1.29. The standard InChI is InChI=1S/C13H12O5/c1-18-10-7-5-9(6-8-10)11(13(16)17)3-2-4-12(14)15/h2-8H,1H3,(H,14,15)(H,16,17). The Morgan fingerprint density at radius 1 is 1.17 bits per heavy atom. The van der Waals surface area contributed by atoms with E-state index in [4.69, 9.17) is 14.9 Å². The van der Waals surface area contributed by atoms with E-state index in [9.17, 15) is 9.59 Å². The van der Waals surface area contributed by atoms with Crippen LogP contribution in [0.3, 0.4) is 0 Å². The Morgan fingerprint density at radius 2 is 1.78 bits per heavy atom. The van der Waals surface area contributed by atoms with Crippen molar-refractivity contribution in [3.05, 3.63) is 48.1 Å². The number of aliphatic carboxylic acids is 2. The maximum Gasteiger partial charge on any atom is 0.336 e. The van der Waals surface area contributed by atoms with Crippen molar-refractivity contribution in [3.63, 3.8) is 0 Å². The molecule has 0 fully saturated rings. The van der Waals surface area contributed by atoms with Crippen molar-refractivity contribution in [1.29, 1.82) is 0 Å². The summed E-state index contributed by atoms with van der Waals surface area (Å²) in [6, 6.07) is 6.45. The summed E-state index contributed by atoms with van der Waals surface area (Å²) in [6.07, 6.45) is 3.28. The molecule has 0 amide bonds. The maximum atomic E-state index is 11.0. The van der Waals surface area contributed by atoms with Crippen molar-refractivity contribution in [3.8, 4) is 5.75 Å². The molecule has 1 aromatic rings. The van der Waals surface area contributed by atoms with Crippen LogP contribution in [0.2, 0.25) is 0 Å². The third-order valence-electron chi connectivity index (χ3n) is 2.13. The number of allylic oxidation sites excluding steroid dienone is 2. The first-order valence-electron chi connectivity index (χ1n) is 5.03. The van der Waals surface area contributed by atoms with Crippen LogP contribution in [0.25, 0.3) is 5.57 Å². The van der Waals surface area contributed by atoms with Crippen LogP contribution < -0.4 is 4.74 Å². The molecule has 0 unspecified atom stereocenters. The Bertz CT molecular complexity index is 497. The zero-order chi connectivity index (χ0) is 13.5. The monoisotopic (exact) mass is 248 g/mol. The lowest BCUT2D eigenvalue weighted by Gasteiger charge is -2.03. The highest BCUT2D eigenvalue weighted by Gasteiger charge is 2.09. The molecule has 0 aliphatic heterocycles. The zero-order valence-electron chi connectivity index (χ0n) is 9.66. The molecule has 0 radical (unpaired) electrons. The Balaban J connectivity index is 3.04. The van der Waals surface area contributed by atoms with E-state index in [0.717, 1.165) is 6.08 Å². The smallest absolute Gasteiger partial charge is 0.336 e. The lowest BCUT2D eigenvalue weighted by Crippen LogP contribution is -1.99. The van der Waals surface area contributed by atoms with E-state index < -0.39 is 11.9 Å². The van der Waals surface area contributed by atoms with Gasteiger partial charge in [-0.2, -0.15) is 0 Å². The van der Waals surface area contributed by atoms with Crippen LogP contribution in [0.15, 0.2) is 42.5 Å². The average Bonchev–Trinajstić information content (AvgIpc) is 2.34. The number of hydrogen-bond acceptors (Lipinski definition) is 3. The number of carboxylic acids is 2. The number of carbonyl (C=O) groups is 2. The molecule has 1 aromatic carbocycles. The van der Waals surface area contributed by atoms with Gasteiger partial charge in [0.05, 0.1) is 12.7 Å². The van der Waals surface area contributed by atoms with Crippen LogP contribution >= 0.6 is 0 Å². The van der Waals surface area contributed by atoms with Crippen molar-refractivity contribution in [2.24, 2.45) is 0 Å². The third-order valence-corrected chi connectivity index (χ3v) is 2.13. The van der Waals surface area contributed by atoms with E-state index in [1.54, 1.807) is 24.3 Å². The maximum absolute atomic E-state index is 11.0. The molecule has 0 bridgehead atoms. The van der Waals surface area contributed by atoms with Crippen LogP contribution in [-0.4, -0.2) is 29.3 Å². The number of carboxylic acid groups (broad SMARTS) is 2. The summed E-state index contributed by atoms with van der Waals surface area (Å²) >= 11 is 0. The first-order valence-corrected chi connectivity index (χ1v) is 5.03. The first-order chi connectivity index (χ1) is 8.54. The minimum Gasteiger partial charge on any atom is -0.497 e. The number of ether oxygens (including phenoxy) is 1. The van der Waals surface area contributed by atoms with Crippen LogP contribution in [0.1, 0.15) is 5.56 Å². The summed E-state index contributed by atoms with van der Waals surface area (Å²) in [7, 11) is 1.51. The first kappa shape index (κ1) is 13.5. The Labute approximate surface area is 104 Å². The molecule has 1 rings (SSSR count). The number of methoxy groups -OCH3 is 1. The summed E-state index contributed by atoms with van der Waals surface area (Å²) < 4.78 is 4.96. The highest BCUT2D eigenvalue weighted by molar-refractivity contribution is 6.15. The predicted molar refractivity (Wildman–Crippen MR) is 65.4 cm³/mol. The van der Waals surface area contributed by atoms with E-state index >= 15 is 0 Å². The van der Waals surface area contributed by atoms with Gasteiger partial charge in [0.25, 0.3) is 0 Å². The second-order valence-electron chi connectivity index (χ2n) is 3.31. The van der Waals surface area contributed by atoms with Gasteiger partial charge in [-0.1, -0.05) is 18.2 Å². The number of hydrogen-bond donors (Lipinski definition) is 2. The van der Waals surface area contributed by atoms with Gasteiger partial charge in [0.1, 0.15) is 5.75 Å². The quantitative estimate of drug-likeness (QED) is 0.613. The molecular weight excluding hydrogens is 236 g/mol. The topological polar surface area (TPSA) is 83.8 Å². The van der Waals surface area contributed by atoms with Crippen molar-refractivity contribution in [1.82, 2.24) is 0 Å². The summed E-state index contributed by atoms with van der Waals surface area (Å²) in [5.74, 6) is -1.65. The molecule has 0 saturated carbocycles. The fourth-order valence-electron chi connectivity index (χ4n) is 1.29. The largest absolute Gasteiger partial charge is 0.497 e. The minimum atomic E-state index is -1.13. The molecular formula is C13H12O5. The molecule has 5 heteroatoms. The molecule has 94 valence electrons. The van der Waals surface area contributed by atoms with E-state index in [0.29, 0.717) is 11.3 Å². The van der Waals surface area contributed by atoms with Gasteiger partial charge in [-0.15, -0.1) is 0 Å². The molecule has 0 aromatic heterocycles. The van der Waals surface area contributed by atoms with Gasteiger partial charge in [0.15, 0.2) is 0 Å². The van der Waals surface area contributed by atoms with Gasteiger partial charge in [-0.25, -0.2) is 9.59 Å². The van der Waals surface area contributed by atoms with Gasteiger partial charge in [0, 0.05) is 6.08 Å². The molecule has 18 heavy (non-hydrogen) atoms. The normalized spacial score (nSPS) is 11.5. The van der Waals surface area contributed by atoms with Gasteiger partial charge in [0.2, 0.25) is 0 Å². The molecule has 0 aliphatic carbocycles. The van der Waals surface area contributed by atoms with Gasteiger partial charge >= 0.3 is 11.9 Å². The van der Waals surface area contributed by atoms with Crippen LogP contribution in [0.5, 0.6) is 5.75 Å². The van der Waals surface area contributed by atoms with Crippen molar-refractivity contribution in [2.45, 2.75) is 0 Å². The summed E-state index contributed by atoms with van der Waals surface area (Å²) in [4.78, 5) is 21.3. The molecule has 0 atom stereocenters. The van der Waals surface area contributed by atoms with Gasteiger partial charge < -0.3 is 14.9 Å². The van der Waals surface area contributed by atoms with Crippen LogP contribution in [0, 0.1) is 0 Å². The summed E-state index contributed by atoms with van der Waals surface area (Å²) in [6.45, 7) is 0. The van der Waals surface area contributed by atoms with Gasteiger partial charge in [-0.3, -0.25) is 0 Å². The average molecular weight is 248 g/mol. The van der Waals surface area contributed by atoms with Gasteiger partial charge in [-0.05, 0) is 23.8 Å². The highest BCUT2D eigenvalue weighted by Crippen LogP contribution is 2.19. The van der Waals surface area contributed by atoms with Crippen LogP contribution in [-0.2, 0) is 9.59 Å². The molecule has 0 saturated heterocycles. The van der Waals surface area contributed by atoms with E-state index in [2.05, 4.69) is 0 Å². The van der Waals surface area contributed by atoms with E-state index in [1.165, 1.54) is 19.3 Å². The van der Waals surface area contributed by atoms with Crippen molar-refractivity contribution < 1.29 is 24.5 Å². The Kier molecular flexibility index (Phi) is 4.68. The molecule has 0 aliphatic rings. The van der Waals surface area contributed by atoms with Crippen molar-refractivity contribution in [2.75, 3.05) is 7.11 Å². The SMILES string of the molecule is COc1ccc(C(=CC=CC(=O)O)C(=O)O)cc1. The van der Waals surface area contributed by atoms with E-state index in [-0.39, 0.29) is 5.57 Å². The lowest BCUT2D eigenvalue weighted by atomic mass is 10.1. The minimum absolute atomic E-state index is 0.00940. The third kappa shape index (κ3) is 3.79. The number of benzene rings is 1. The van der Waals surface area contributed by atoms with Crippen LogP contribution in [0.4, 0.5) is 0 Å². The Hall–Kier alpha value is -2.56. The van der Waals surface area contributed by atoms with Crippen molar-refractivity contribution >= 4 is 17.5 Å². The second kappa shape index (κ2) is 6.24. The Morgan fingerprint density at radius 3 is 2.22 bits per heavy atom. The second-order valence-corrected chi connectivity index (χ2v) is 3.31. The fraction of sp³-hybridized carbons (Fsp3) is 0.0769. The van der Waals surface area contributed by atoms with E-state index in [1.807, 2.05) is 0 Å². The lowest BCUT2D eigenvalue weighted by molar-refractivity contribution is -0.132. The number of rotatable bonds is 5. The summed E-state index contributed by atoms with van der Waals surface area (Å²) in [5, 5.41) is 17.5. The molecule has 2 N–H and O–H groups in total.